The first kappa shape index (κ1) is 26.4. The van der Waals surface area contributed by atoms with Gasteiger partial charge in [-0.3, -0.25) is 0 Å². The Kier molecular flexibility index (Phi) is 7.59. The van der Waals surface area contributed by atoms with Crippen LogP contribution in [0.4, 0.5) is 0 Å². The van der Waals surface area contributed by atoms with Crippen molar-refractivity contribution in [3.63, 3.8) is 0 Å². The molecule has 0 amide bonds. The van der Waals surface area contributed by atoms with Gasteiger partial charge < -0.3 is 0 Å². The number of benzene rings is 4. The van der Waals surface area contributed by atoms with Crippen LogP contribution >= 0.6 is 0 Å². The summed E-state index contributed by atoms with van der Waals surface area (Å²) in [6.45, 7) is 22.6. The molecule has 0 aliphatic heterocycles. The molecule has 0 saturated heterocycles. The highest BCUT2D eigenvalue weighted by molar-refractivity contribution is 6.69. The van der Waals surface area contributed by atoms with Crippen molar-refractivity contribution in [3.05, 3.63) is 104 Å². The predicted octanol–water partition coefficient (Wildman–Crippen LogP) is 5.75. The smallest absolute Gasteiger partial charge is 0.0565 e. The van der Waals surface area contributed by atoms with Gasteiger partial charge in [0.2, 0.25) is 0 Å². The van der Waals surface area contributed by atoms with Gasteiger partial charge in [0, 0.05) is 0 Å². The largest absolute Gasteiger partial charge is 0.122 e. The maximum absolute atomic E-state index is 2.40. The lowest BCUT2D eigenvalue weighted by molar-refractivity contribution is 1.35. The van der Waals surface area contributed by atoms with E-state index in [-0.39, 0.29) is 0 Å². The van der Waals surface area contributed by atoms with Crippen LogP contribution in [0.3, 0.4) is 0 Å². The summed E-state index contributed by atoms with van der Waals surface area (Å²) >= 11 is 0. The summed E-state index contributed by atoms with van der Waals surface area (Å²) < 4.78 is 0. The SMILES string of the molecule is Cc1cc(C)c([Si]c2c(C)cc(-c3cc(C)c([Si]c4c(C)cc(C)cc4C)c(C)c3)cc2C)c(C)c1. The summed E-state index contributed by atoms with van der Waals surface area (Å²) in [6.07, 6.45) is 0. The molecule has 0 spiro atoms. The van der Waals surface area contributed by atoms with Crippen LogP contribution in [0.5, 0.6) is 0 Å². The fourth-order valence-electron chi connectivity index (χ4n) is 5.66. The fraction of sp³-hybridized carbons (Fsp3) is 0.294. The van der Waals surface area contributed by atoms with Crippen molar-refractivity contribution in [2.24, 2.45) is 0 Å². The average molecular weight is 503 g/mol. The van der Waals surface area contributed by atoms with Crippen LogP contribution in [0.15, 0.2) is 48.5 Å². The fourth-order valence-corrected chi connectivity index (χ4v) is 8.31. The highest BCUT2D eigenvalue weighted by Gasteiger charge is 2.15. The Morgan fingerprint density at radius 1 is 0.306 bits per heavy atom. The molecule has 0 heterocycles. The van der Waals surface area contributed by atoms with Crippen molar-refractivity contribution >= 4 is 39.8 Å². The first-order valence-corrected chi connectivity index (χ1v) is 14.9. The summed E-state index contributed by atoms with van der Waals surface area (Å²) in [5.74, 6) is 0. The Morgan fingerprint density at radius 2 is 0.500 bits per heavy atom. The molecule has 4 aromatic rings. The second-order valence-electron chi connectivity index (χ2n) is 10.8. The molecule has 0 fully saturated rings. The molecular weight excluding hydrogens is 465 g/mol. The minimum absolute atomic E-state index is 0.697. The van der Waals surface area contributed by atoms with Gasteiger partial charge in [-0.1, -0.05) is 125 Å². The molecule has 0 saturated carbocycles. The lowest BCUT2D eigenvalue weighted by Crippen LogP contribution is -2.35. The van der Waals surface area contributed by atoms with Gasteiger partial charge in [0.15, 0.2) is 0 Å². The number of hydrogen-bond acceptors (Lipinski definition) is 0. The lowest BCUT2D eigenvalue weighted by Gasteiger charge is -2.18. The monoisotopic (exact) mass is 502 g/mol. The molecule has 0 N–H and O–H groups in total. The van der Waals surface area contributed by atoms with E-state index in [0.717, 1.165) is 0 Å². The van der Waals surface area contributed by atoms with Crippen LogP contribution in [0.1, 0.15) is 55.6 Å². The first-order chi connectivity index (χ1) is 16.9. The third-order valence-corrected chi connectivity index (χ3v) is 11.4. The van der Waals surface area contributed by atoms with E-state index in [0.29, 0.717) is 19.0 Å². The Hall–Kier alpha value is -2.69. The van der Waals surface area contributed by atoms with Crippen molar-refractivity contribution in [1.82, 2.24) is 0 Å². The molecule has 2 heteroatoms. The molecule has 0 aliphatic rings. The molecule has 4 aromatic carbocycles. The molecule has 4 radical (unpaired) electrons. The Balaban J connectivity index is 1.68. The maximum Gasteiger partial charge on any atom is 0.122 e. The molecular formula is C34H38Si2. The van der Waals surface area contributed by atoms with Gasteiger partial charge >= 0.3 is 0 Å². The second-order valence-corrected chi connectivity index (χ2v) is 13.3. The summed E-state index contributed by atoms with van der Waals surface area (Å²) in [7, 11) is 1.39. The normalized spacial score (nSPS) is 11.3. The lowest BCUT2D eigenvalue weighted by atomic mass is 9.97. The number of hydrogen-bond donors (Lipinski definition) is 0. The minimum atomic E-state index is 0.697. The van der Waals surface area contributed by atoms with Crippen LogP contribution in [0.25, 0.3) is 11.1 Å². The summed E-state index contributed by atoms with van der Waals surface area (Å²) in [4.78, 5) is 0. The van der Waals surface area contributed by atoms with E-state index in [1.807, 2.05) is 0 Å². The Labute approximate surface area is 223 Å². The first-order valence-electron chi connectivity index (χ1n) is 12.9. The van der Waals surface area contributed by atoms with E-state index < -0.39 is 0 Å². The summed E-state index contributed by atoms with van der Waals surface area (Å²) in [5, 5.41) is 5.98. The standard InChI is InChI=1S/C34H38Si2/c1-19-11-21(3)31(22(4)12-19)35-33-25(7)15-29(16-26(33)8)30-17-27(9)34(28(10)18-30)36-32-23(5)13-20(2)14-24(32)6/h11-18H,1-10H3. The summed E-state index contributed by atoms with van der Waals surface area (Å²) in [6, 6.07) is 18.9. The van der Waals surface area contributed by atoms with Crippen LogP contribution in [0.2, 0.25) is 0 Å². The van der Waals surface area contributed by atoms with Gasteiger partial charge in [-0.05, 0) is 80.4 Å². The topological polar surface area (TPSA) is 0 Å². The molecule has 0 bridgehead atoms. The van der Waals surface area contributed by atoms with Crippen LogP contribution in [0, 0.1) is 69.2 Å². The Morgan fingerprint density at radius 3 is 0.722 bits per heavy atom. The molecule has 0 nitrogen and oxygen atoms in total. The molecule has 4 rings (SSSR count). The van der Waals surface area contributed by atoms with E-state index in [1.165, 1.54) is 87.5 Å². The van der Waals surface area contributed by atoms with Crippen LogP contribution < -0.4 is 20.7 Å². The minimum Gasteiger partial charge on any atom is -0.0565 e. The highest BCUT2D eigenvalue weighted by atomic mass is 28.2. The van der Waals surface area contributed by atoms with Gasteiger partial charge in [-0.25, -0.2) is 0 Å². The molecule has 36 heavy (non-hydrogen) atoms. The van der Waals surface area contributed by atoms with Crippen LogP contribution in [-0.2, 0) is 0 Å². The maximum atomic E-state index is 2.40. The molecule has 0 unspecified atom stereocenters. The predicted molar refractivity (Wildman–Crippen MR) is 162 cm³/mol. The quantitative estimate of drug-likeness (QED) is 0.305. The zero-order valence-electron chi connectivity index (χ0n) is 23.6. The molecule has 0 aromatic heterocycles. The highest BCUT2D eigenvalue weighted by Crippen LogP contribution is 2.23. The third kappa shape index (κ3) is 5.35. The average Bonchev–Trinajstić information content (AvgIpc) is 2.75. The van der Waals surface area contributed by atoms with Crippen molar-refractivity contribution in [3.8, 4) is 11.1 Å². The van der Waals surface area contributed by atoms with Crippen molar-refractivity contribution < 1.29 is 0 Å². The Bertz CT molecular complexity index is 1270. The van der Waals surface area contributed by atoms with Gasteiger partial charge in [0.25, 0.3) is 0 Å². The second kappa shape index (κ2) is 10.4. The molecule has 182 valence electrons. The molecule has 0 atom stereocenters. The number of aryl methyl sites for hydroxylation is 10. The number of rotatable bonds is 5. The molecule has 0 aliphatic carbocycles. The zero-order chi connectivity index (χ0) is 26.3. The van der Waals surface area contributed by atoms with E-state index in [1.54, 1.807) is 0 Å². The van der Waals surface area contributed by atoms with E-state index in [4.69, 9.17) is 0 Å². The van der Waals surface area contributed by atoms with Gasteiger partial charge in [-0.15, -0.1) is 0 Å². The zero-order valence-corrected chi connectivity index (χ0v) is 25.6. The van der Waals surface area contributed by atoms with Crippen molar-refractivity contribution in [2.75, 3.05) is 0 Å². The van der Waals surface area contributed by atoms with E-state index in [2.05, 4.69) is 118 Å². The van der Waals surface area contributed by atoms with Crippen molar-refractivity contribution in [2.45, 2.75) is 69.2 Å². The van der Waals surface area contributed by atoms with E-state index >= 15 is 0 Å². The van der Waals surface area contributed by atoms with Crippen LogP contribution in [-0.4, -0.2) is 19.0 Å². The van der Waals surface area contributed by atoms with Gasteiger partial charge in [0.1, 0.15) is 19.0 Å². The summed E-state index contributed by atoms with van der Waals surface area (Å²) in [5.41, 5.74) is 16.6. The van der Waals surface area contributed by atoms with Crippen molar-refractivity contribution in [1.29, 1.82) is 0 Å². The van der Waals surface area contributed by atoms with Gasteiger partial charge in [-0.2, -0.15) is 0 Å². The third-order valence-electron chi connectivity index (χ3n) is 7.25. The van der Waals surface area contributed by atoms with E-state index in [9.17, 15) is 0 Å². The van der Waals surface area contributed by atoms with Gasteiger partial charge in [0.05, 0.1) is 0 Å².